The Bertz CT molecular complexity index is 863. The summed E-state index contributed by atoms with van der Waals surface area (Å²) < 4.78 is 1.70. The van der Waals surface area contributed by atoms with Gasteiger partial charge >= 0.3 is 0 Å². The fourth-order valence-electron chi connectivity index (χ4n) is 2.45. The lowest BCUT2D eigenvalue weighted by Crippen LogP contribution is -2.24. The van der Waals surface area contributed by atoms with Gasteiger partial charge in [-0.3, -0.25) is 4.79 Å². The Morgan fingerprint density at radius 2 is 1.81 bits per heavy atom. The first-order valence-electron chi connectivity index (χ1n) is 8.57. The van der Waals surface area contributed by atoms with Crippen molar-refractivity contribution >= 4 is 23.4 Å². The molecule has 0 fully saturated rings. The molecule has 0 aliphatic carbocycles. The van der Waals surface area contributed by atoms with Crippen molar-refractivity contribution in [1.82, 2.24) is 25.5 Å². The predicted octanol–water partition coefficient (Wildman–Crippen LogP) is 2.20. The zero-order valence-electron chi connectivity index (χ0n) is 15.4. The van der Waals surface area contributed by atoms with Crippen molar-refractivity contribution in [2.24, 2.45) is 0 Å². The van der Waals surface area contributed by atoms with Crippen LogP contribution in [0.2, 0.25) is 0 Å². The molecule has 3 aromatic rings. The van der Waals surface area contributed by atoms with Crippen molar-refractivity contribution in [3.8, 4) is 0 Å². The van der Waals surface area contributed by atoms with Crippen LogP contribution in [0.3, 0.4) is 0 Å². The van der Waals surface area contributed by atoms with Gasteiger partial charge < -0.3 is 10.2 Å². The summed E-state index contributed by atoms with van der Waals surface area (Å²) in [6.07, 6.45) is 0. The Morgan fingerprint density at radius 1 is 1.07 bits per heavy atom. The number of tetrazole rings is 1. The van der Waals surface area contributed by atoms with Crippen LogP contribution in [0.1, 0.15) is 11.1 Å². The molecule has 2 aromatic carbocycles. The smallest absolute Gasteiger partial charge is 0.230 e. The van der Waals surface area contributed by atoms with E-state index < -0.39 is 0 Å². The fraction of sp³-hybridized carbons (Fsp3) is 0.263. The van der Waals surface area contributed by atoms with Crippen LogP contribution in [-0.2, 0) is 17.9 Å². The second-order valence-corrected chi connectivity index (χ2v) is 7.17. The monoisotopic (exact) mass is 382 g/mol. The summed E-state index contributed by atoms with van der Waals surface area (Å²) in [6, 6.07) is 18.1. The molecule has 1 heterocycles. The van der Waals surface area contributed by atoms with Crippen LogP contribution in [0, 0.1) is 0 Å². The van der Waals surface area contributed by atoms with E-state index in [0.29, 0.717) is 18.2 Å². The van der Waals surface area contributed by atoms with E-state index in [-0.39, 0.29) is 11.7 Å². The number of nitrogens with one attached hydrogen (secondary N) is 1. The van der Waals surface area contributed by atoms with Gasteiger partial charge in [-0.2, -0.15) is 0 Å². The van der Waals surface area contributed by atoms with Crippen LogP contribution in [-0.4, -0.2) is 46.0 Å². The number of carbonyl (C=O) groups excluding carboxylic acids is 1. The third-order valence-corrected chi connectivity index (χ3v) is 4.91. The first kappa shape index (κ1) is 18.9. The van der Waals surface area contributed by atoms with E-state index in [1.807, 2.05) is 73.6 Å². The number of aromatic nitrogens is 4. The van der Waals surface area contributed by atoms with Crippen molar-refractivity contribution < 1.29 is 4.79 Å². The molecule has 1 N–H and O–H groups in total. The molecule has 0 aliphatic rings. The van der Waals surface area contributed by atoms with Crippen LogP contribution in [0.5, 0.6) is 0 Å². The molecule has 1 amide bonds. The number of amides is 1. The fourth-order valence-corrected chi connectivity index (χ4v) is 3.16. The van der Waals surface area contributed by atoms with Crippen LogP contribution in [0.25, 0.3) is 0 Å². The Labute approximate surface area is 162 Å². The molecule has 0 radical (unpaired) electrons. The molecule has 0 atom stereocenters. The minimum Gasteiger partial charge on any atom is -0.378 e. The molecule has 8 heteroatoms. The molecule has 7 nitrogen and oxygen atoms in total. The molecule has 0 saturated heterocycles. The largest absolute Gasteiger partial charge is 0.378 e. The van der Waals surface area contributed by atoms with Crippen LogP contribution >= 0.6 is 11.8 Å². The number of anilines is 1. The van der Waals surface area contributed by atoms with Gasteiger partial charge in [0.15, 0.2) is 0 Å². The van der Waals surface area contributed by atoms with E-state index in [4.69, 9.17) is 0 Å². The van der Waals surface area contributed by atoms with Gasteiger partial charge in [-0.15, -0.1) is 5.10 Å². The second-order valence-electron chi connectivity index (χ2n) is 6.23. The maximum absolute atomic E-state index is 12.1. The van der Waals surface area contributed by atoms with Gasteiger partial charge in [-0.05, 0) is 33.7 Å². The van der Waals surface area contributed by atoms with Crippen molar-refractivity contribution in [2.75, 3.05) is 24.7 Å². The minimum atomic E-state index is -0.0500. The lowest BCUT2D eigenvalue weighted by atomic mass is 10.2. The van der Waals surface area contributed by atoms with Crippen LogP contribution in [0.15, 0.2) is 59.8 Å². The molecule has 3 rings (SSSR count). The highest BCUT2D eigenvalue weighted by Crippen LogP contribution is 2.15. The Hall–Kier alpha value is -2.87. The van der Waals surface area contributed by atoms with Gasteiger partial charge in [-0.25, -0.2) is 4.68 Å². The zero-order chi connectivity index (χ0) is 19.1. The van der Waals surface area contributed by atoms with Gasteiger partial charge in [0, 0.05) is 26.3 Å². The number of rotatable bonds is 8. The van der Waals surface area contributed by atoms with Crippen molar-refractivity contribution in [2.45, 2.75) is 18.2 Å². The average Bonchev–Trinajstić information content (AvgIpc) is 3.13. The van der Waals surface area contributed by atoms with Gasteiger partial charge in [0.05, 0.1) is 12.3 Å². The van der Waals surface area contributed by atoms with Gasteiger partial charge in [0.1, 0.15) is 0 Å². The highest BCUT2D eigenvalue weighted by atomic mass is 32.2. The summed E-state index contributed by atoms with van der Waals surface area (Å²) in [5, 5.41) is 15.3. The maximum Gasteiger partial charge on any atom is 0.230 e. The van der Waals surface area contributed by atoms with E-state index in [0.717, 1.165) is 16.8 Å². The molecule has 0 aliphatic heterocycles. The molecule has 1 aromatic heterocycles. The highest BCUT2D eigenvalue weighted by molar-refractivity contribution is 7.99. The summed E-state index contributed by atoms with van der Waals surface area (Å²) >= 11 is 1.33. The highest BCUT2D eigenvalue weighted by Gasteiger charge is 2.10. The summed E-state index contributed by atoms with van der Waals surface area (Å²) in [7, 11) is 4.00. The van der Waals surface area contributed by atoms with Crippen molar-refractivity contribution in [3.05, 3.63) is 65.7 Å². The first-order valence-corrected chi connectivity index (χ1v) is 9.56. The van der Waals surface area contributed by atoms with Crippen LogP contribution in [0.4, 0.5) is 5.69 Å². The quantitative estimate of drug-likeness (QED) is 0.602. The molecule has 0 bridgehead atoms. The number of carbonyl (C=O) groups is 1. The van der Waals surface area contributed by atoms with Crippen LogP contribution < -0.4 is 10.2 Å². The Kier molecular flexibility index (Phi) is 6.43. The number of thioether (sulfide) groups is 1. The lowest BCUT2D eigenvalue weighted by molar-refractivity contribution is -0.118. The number of hydrogen-bond donors (Lipinski definition) is 1. The normalized spacial score (nSPS) is 10.6. The summed E-state index contributed by atoms with van der Waals surface area (Å²) in [6.45, 7) is 1.08. The predicted molar refractivity (Wildman–Crippen MR) is 107 cm³/mol. The van der Waals surface area contributed by atoms with E-state index in [1.54, 1.807) is 4.68 Å². The third-order valence-electron chi connectivity index (χ3n) is 3.95. The van der Waals surface area contributed by atoms with Gasteiger partial charge in [0.2, 0.25) is 11.1 Å². The van der Waals surface area contributed by atoms with E-state index >= 15 is 0 Å². The molecule has 0 saturated carbocycles. The summed E-state index contributed by atoms with van der Waals surface area (Å²) in [5.41, 5.74) is 3.30. The summed E-state index contributed by atoms with van der Waals surface area (Å²) in [5.74, 6) is 0.219. The van der Waals surface area contributed by atoms with Gasteiger partial charge in [-0.1, -0.05) is 54.2 Å². The van der Waals surface area contributed by atoms with Crippen molar-refractivity contribution in [1.29, 1.82) is 0 Å². The van der Waals surface area contributed by atoms with Crippen molar-refractivity contribution in [3.63, 3.8) is 0 Å². The SMILES string of the molecule is CN(C)c1ccc(CNC(=O)CSc2nnnn2Cc2ccccc2)cc1. The molecule has 0 unspecified atom stereocenters. The number of nitrogens with zero attached hydrogens (tertiary/aromatic N) is 5. The Morgan fingerprint density at radius 3 is 2.52 bits per heavy atom. The first-order chi connectivity index (χ1) is 13.1. The molecular weight excluding hydrogens is 360 g/mol. The third kappa shape index (κ3) is 5.55. The average molecular weight is 382 g/mol. The van der Waals surface area contributed by atoms with E-state index in [2.05, 4.69) is 20.8 Å². The molecule has 0 spiro atoms. The van der Waals surface area contributed by atoms with E-state index in [1.165, 1.54) is 11.8 Å². The minimum absolute atomic E-state index is 0.0500. The number of benzene rings is 2. The maximum atomic E-state index is 12.1. The molecule has 140 valence electrons. The molecular formula is C19H22N6OS. The standard InChI is InChI=1S/C19H22N6OS/c1-24(2)17-10-8-15(9-11-17)12-20-18(26)14-27-19-21-22-23-25(19)13-16-6-4-3-5-7-16/h3-11H,12-14H2,1-2H3,(H,20,26). The zero-order valence-corrected chi connectivity index (χ0v) is 16.2. The Balaban J connectivity index is 1.47. The summed E-state index contributed by atoms with van der Waals surface area (Å²) in [4.78, 5) is 14.2. The number of hydrogen-bond acceptors (Lipinski definition) is 6. The molecule has 27 heavy (non-hydrogen) atoms. The lowest BCUT2D eigenvalue weighted by Gasteiger charge is -2.12. The van der Waals surface area contributed by atoms with Gasteiger partial charge in [0.25, 0.3) is 0 Å². The topological polar surface area (TPSA) is 75.9 Å². The van der Waals surface area contributed by atoms with E-state index in [9.17, 15) is 4.79 Å². The second kappa shape index (κ2) is 9.18.